The number of ether oxygens (including phenoxy) is 1. The van der Waals surface area contributed by atoms with E-state index in [0.29, 0.717) is 17.8 Å². The van der Waals surface area contributed by atoms with Crippen LogP contribution in [0.1, 0.15) is 103 Å². The van der Waals surface area contributed by atoms with Crippen molar-refractivity contribution in [2.75, 3.05) is 0 Å². The molecule has 3 aromatic carbocycles. The predicted octanol–water partition coefficient (Wildman–Crippen LogP) is 12.4. The van der Waals surface area contributed by atoms with E-state index in [1.165, 1.54) is 45.2 Å². The van der Waals surface area contributed by atoms with E-state index in [1.54, 1.807) is 0 Å². The number of hydrogen-bond donors (Lipinski definition) is 0. The standard InChI is InChI=1S/C46H54N4O/c1-12-32-19-20-47-42(23-32)49-40-16-14-13-15-38(40)39-18-17-36(27-41(39)49)51-37-25-34(46(9,10)11)24-35(26-37)50-31(5)44(30(4)48-50)43-28(2)21-33(22-29(43)3)45(6,7)8/h13-21,23-27,29,33,43H,12,22H2,1-11H3/t29-,33-,43?/m0/s1. The number of aryl methyl sites for hydroxylation is 2. The van der Waals surface area contributed by atoms with Crippen molar-refractivity contribution < 1.29 is 4.74 Å². The molecule has 0 spiro atoms. The summed E-state index contributed by atoms with van der Waals surface area (Å²) in [6.45, 7) is 25.2. The molecule has 5 nitrogen and oxygen atoms in total. The van der Waals surface area contributed by atoms with Gasteiger partial charge < -0.3 is 4.74 Å². The van der Waals surface area contributed by atoms with Gasteiger partial charge in [0.2, 0.25) is 0 Å². The summed E-state index contributed by atoms with van der Waals surface area (Å²) in [5.41, 5.74) is 11.0. The average Bonchev–Trinajstić information content (AvgIpc) is 3.56. The molecule has 3 atom stereocenters. The number of nitrogens with zero attached hydrogens (tertiary/aromatic N) is 4. The monoisotopic (exact) mass is 678 g/mol. The van der Waals surface area contributed by atoms with Gasteiger partial charge >= 0.3 is 0 Å². The second kappa shape index (κ2) is 12.8. The fraction of sp³-hybridized carbons (Fsp3) is 0.391. The van der Waals surface area contributed by atoms with E-state index >= 15 is 0 Å². The third-order valence-electron chi connectivity index (χ3n) is 11.3. The van der Waals surface area contributed by atoms with Gasteiger partial charge in [0.05, 0.1) is 22.4 Å². The van der Waals surface area contributed by atoms with Crippen LogP contribution in [0.3, 0.4) is 0 Å². The average molecular weight is 679 g/mol. The van der Waals surface area contributed by atoms with Crippen LogP contribution in [0, 0.1) is 31.1 Å². The van der Waals surface area contributed by atoms with Gasteiger partial charge in [-0.05, 0) is 110 Å². The molecule has 51 heavy (non-hydrogen) atoms. The molecule has 1 aliphatic rings. The predicted molar refractivity (Wildman–Crippen MR) is 213 cm³/mol. The number of hydrogen-bond acceptors (Lipinski definition) is 3. The molecule has 3 heterocycles. The van der Waals surface area contributed by atoms with Crippen molar-refractivity contribution in [2.24, 2.45) is 17.3 Å². The topological polar surface area (TPSA) is 44.9 Å². The number of rotatable bonds is 6. The van der Waals surface area contributed by atoms with Gasteiger partial charge in [-0.25, -0.2) is 9.67 Å². The number of allylic oxidation sites excluding steroid dienone is 2. The van der Waals surface area contributed by atoms with Crippen molar-refractivity contribution >= 4 is 21.8 Å². The maximum atomic E-state index is 6.80. The maximum Gasteiger partial charge on any atom is 0.137 e. The zero-order chi connectivity index (χ0) is 36.4. The van der Waals surface area contributed by atoms with E-state index in [9.17, 15) is 0 Å². The minimum atomic E-state index is -0.0847. The molecule has 5 heteroatoms. The highest BCUT2D eigenvalue weighted by atomic mass is 16.5. The third-order valence-corrected chi connectivity index (χ3v) is 11.3. The molecule has 7 rings (SSSR count). The summed E-state index contributed by atoms with van der Waals surface area (Å²) in [5.74, 6) is 4.00. The van der Waals surface area contributed by atoms with Gasteiger partial charge in [-0.15, -0.1) is 0 Å². The second-order valence-electron chi connectivity index (χ2n) is 17.0. The fourth-order valence-corrected chi connectivity index (χ4v) is 8.34. The van der Waals surface area contributed by atoms with E-state index in [-0.39, 0.29) is 10.8 Å². The highest BCUT2D eigenvalue weighted by molar-refractivity contribution is 6.09. The summed E-state index contributed by atoms with van der Waals surface area (Å²) in [6, 6.07) is 25.9. The van der Waals surface area contributed by atoms with Crippen LogP contribution in [0.5, 0.6) is 11.5 Å². The minimum Gasteiger partial charge on any atom is -0.457 e. The van der Waals surface area contributed by atoms with Gasteiger partial charge in [-0.3, -0.25) is 4.57 Å². The van der Waals surface area contributed by atoms with Crippen LogP contribution in [-0.4, -0.2) is 19.3 Å². The van der Waals surface area contributed by atoms with Gasteiger partial charge in [0, 0.05) is 46.3 Å². The molecule has 0 bridgehead atoms. The van der Waals surface area contributed by atoms with Crippen LogP contribution in [-0.2, 0) is 11.8 Å². The van der Waals surface area contributed by atoms with E-state index < -0.39 is 0 Å². The molecule has 0 aliphatic heterocycles. The van der Waals surface area contributed by atoms with Crippen LogP contribution in [0.15, 0.2) is 90.6 Å². The first kappa shape index (κ1) is 34.8. The third kappa shape index (κ3) is 6.41. The zero-order valence-electron chi connectivity index (χ0n) is 32.4. The first-order valence-corrected chi connectivity index (χ1v) is 18.7. The summed E-state index contributed by atoms with van der Waals surface area (Å²) in [4.78, 5) is 4.81. The number of benzene rings is 3. The lowest BCUT2D eigenvalue weighted by atomic mass is 9.65. The van der Waals surface area contributed by atoms with Crippen LogP contribution in [0.2, 0.25) is 0 Å². The van der Waals surface area contributed by atoms with Crippen LogP contribution in [0.4, 0.5) is 0 Å². The molecule has 6 aromatic rings. The summed E-state index contributed by atoms with van der Waals surface area (Å²) in [6.07, 6.45) is 6.60. The molecular weight excluding hydrogens is 625 g/mol. The summed E-state index contributed by atoms with van der Waals surface area (Å²) >= 11 is 0. The molecule has 1 aliphatic carbocycles. The largest absolute Gasteiger partial charge is 0.457 e. The zero-order valence-corrected chi connectivity index (χ0v) is 32.4. The van der Waals surface area contributed by atoms with Crippen molar-refractivity contribution in [2.45, 2.75) is 100 Å². The number of aromatic nitrogens is 4. The SMILES string of the molecule is CCc1ccnc(-n2c3ccccc3c3ccc(Oc4cc(-n5nc(C)c(C6C(C)=C[C@H](C(C)(C)C)C[C@@H]6C)c5C)cc(C(C)(C)C)c4)cc32)c1. The molecule has 3 aromatic heterocycles. The fourth-order valence-electron chi connectivity index (χ4n) is 8.34. The lowest BCUT2D eigenvalue weighted by molar-refractivity contribution is 0.224. The number of pyridine rings is 1. The van der Waals surface area contributed by atoms with E-state index in [1.807, 2.05) is 6.20 Å². The van der Waals surface area contributed by atoms with Crippen molar-refractivity contribution in [1.29, 1.82) is 0 Å². The quantitative estimate of drug-likeness (QED) is 0.165. The molecular formula is C46H54N4O. The first-order chi connectivity index (χ1) is 24.1. The van der Waals surface area contributed by atoms with Gasteiger partial charge in [0.25, 0.3) is 0 Å². The Morgan fingerprint density at radius 1 is 0.824 bits per heavy atom. The Hall–Kier alpha value is -4.64. The van der Waals surface area contributed by atoms with Crippen LogP contribution in [0.25, 0.3) is 33.3 Å². The molecule has 0 amide bonds. The minimum absolute atomic E-state index is 0.0847. The second-order valence-corrected chi connectivity index (χ2v) is 17.0. The maximum absolute atomic E-state index is 6.80. The van der Waals surface area contributed by atoms with Crippen molar-refractivity contribution in [3.8, 4) is 23.0 Å². The molecule has 0 fully saturated rings. The molecule has 1 unspecified atom stereocenters. The summed E-state index contributed by atoms with van der Waals surface area (Å²) in [5, 5.41) is 7.59. The lowest BCUT2D eigenvalue weighted by Crippen LogP contribution is -2.28. The normalized spacial score (nSPS) is 18.4. The molecule has 0 saturated heterocycles. The van der Waals surface area contributed by atoms with E-state index in [4.69, 9.17) is 14.8 Å². The molecule has 0 saturated carbocycles. The number of fused-ring (bicyclic) bond motifs is 3. The summed E-state index contributed by atoms with van der Waals surface area (Å²) in [7, 11) is 0. The van der Waals surface area contributed by atoms with Crippen molar-refractivity contribution in [1.82, 2.24) is 19.3 Å². The van der Waals surface area contributed by atoms with Crippen LogP contribution < -0.4 is 4.74 Å². The lowest BCUT2D eigenvalue weighted by Gasteiger charge is -2.39. The smallest absolute Gasteiger partial charge is 0.137 e. The van der Waals surface area contributed by atoms with Gasteiger partial charge in [0.1, 0.15) is 17.3 Å². The van der Waals surface area contributed by atoms with Gasteiger partial charge in [0.15, 0.2) is 0 Å². The Bertz CT molecular complexity index is 2290. The summed E-state index contributed by atoms with van der Waals surface area (Å²) < 4.78 is 11.2. The molecule has 0 N–H and O–H groups in total. The Balaban J connectivity index is 1.31. The van der Waals surface area contributed by atoms with Crippen molar-refractivity contribution in [3.63, 3.8) is 0 Å². The Labute approximate surface area is 304 Å². The highest BCUT2D eigenvalue weighted by Crippen LogP contribution is 2.47. The Morgan fingerprint density at radius 2 is 1.57 bits per heavy atom. The Kier molecular flexibility index (Phi) is 8.76. The van der Waals surface area contributed by atoms with Gasteiger partial charge in [-0.1, -0.05) is 85.2 Å². The number of para-hydroxylation sites is 1. The Morgan fingerprint density at radius 3 is 2.27 bits per heavy atom. The van der Waals surface area contributed by atoms with Gasteiger partial charge in [-0.2, -0.15) is 5.10 Å². The molecule has 264 valence electrons. The van der Waals surface area contributed by atoms with Crippen molar-refractivity contribution in [3.05, 3.63) is 119 Å². The first-order valence-electron chi connectivity index (χ1n) is 18.7. The van der Waals surface area contributed by atoms with Crippen LogP contribution >= 0.6 is 0 Å². The molecule has 0 radical (unpaired) electrons. The van der Waals surface area contributed by atoms with E-state index in [0.717, 1.165) is 46.2 Å². The highest BCUT2D eigenvalue weighted by Gasteiger charge is 2.36. The van der Waals surface area contributed by atoms with E-state index in [2.05, 4.69) is 164 Å².